The van der Waals surface area contributed by atoms with Gasteiger partial charge < -0.3 is 9.64 Å². The molecule has 2 nitrogen and oxygen atoms in total. The first kappa shape index (κ1) is 8.52. The number of methoxy groups -OCH3 is 1. The molecule has 1 saturated heterocycles. The SMILES string of the molecule is COC1CC[C@H]2CCN(C)[C@H]2C1. The molecule has 0 amide bonds. The molecule has 70 valence electrons. The van der Waals surface area contributed by atoms with Crippen molar-refractivity contribution >= 4 is 0 Å². The van der Waals surface area contributed by atoms with E-state index in [0.29, 0.717) is 6.10 Å². The van der Waals surface area contributed by atoms with Crippen LogP contribution < -0.4 is 0 Å². The van der Waals surface area contributed by atoms with Gasteiger partial charge in [0.15, 0.2) is 0 Å². The number of hydrogen-bond acceptors (Lipinski definition) is 2. The summed E-state index contributed by atoms with van der Waals surface area (Å²) in [5, 5.41) is 0. The van der Waals surface area contributed by atoms with E-state index in [1.807, 2.05) is 7.11 Å². The second kappa shape index (κ2) is 3.35. The van der Waals surface area contributed by atoms with Gasteiger partial charge in [0, 0.05) is 13.2 Å². The Hall–Kier alpha value is -0.0800. The molecule has 2 rings (SSSR count). The molecule has 0 N–H and O–H groups in total. The van der Waals surface area contributed by atoms with Gasteiger partial charge in [-0.1, -0.05) is 0 Å². The molecule has 2 aliphatic rings. The van der Waals surface area contributed by atoms with Crippen LogP contribution in [0.1, 0.15) is 25.7 Å². The van der Waals surface area contributed by atoms with Crippen molar-refractivity contribution in [2.45, 2.75) is 37.8 Å². The van der Waals surface area contributed by atoms with Crippen LogP contribution in [0.4, 0.5) is 0 Å². The van der Waals surface area contributed by atoms with Gasteiger partial charge >= 0.3 is 0 Å². The zero-order valence-electron chi connectivity index (χ0n) is 8.12. The fourth-order valence-corrected chi connectivity index (χ4v) is 2.80. The maximum atomic E-state index is 5.42. The molecule has 1 saturated carbocycles. The van der Waals surface area contributed by atoms with Crippen LogP contribution in [0.25, 0.3) is 0 Å². The van der Waals surface area contributed by atoms with Crippen molar-refractivity contribution in [1.29, 1.82) is 0 Å². The molecule has 0 aromatic heterocycles. The summed E-state index contributed by atoms with van der Waals surface area (Å²) >= 11 is 0. The van der Waals surface area contributed by atoms with E-state index < -0.39 is 0 Å². The quantitative estimate of drug-likeness (QED) is 0.590. The molecular weight excluding hydrogens is 150 g/mol. The maximum absolute atomic E-state index is 5.42. The van der Waals surface area contributed by atoms with E-state index in [1.165, 1.54) is 32.2 Å². The maximum Gasteiger partial charge on any atom is 0.0586 e. The third kappa shape index (κ3) is 1.38. The minimum atomic E-state index is 0.534. The molecule has 0 radical (unpaired) electrons. The van der Waals surface area contributed by atoms with Crippen molar-refractivity contribution in [2.24, 2.45) is 5.92 Å². The lowest BCUT2D eigenvalue weighted by atomic mass is 9.83. The van der Waals surface area contributed by atoms with Gasteiger partial charge in [0.25, 0.3) is 0 Å². The van der Waals surface area contributed by atoms with Crippen LogP contribution in [-0.2, 0) is 4.74 Å². The zero-order valence-corrected chi connectivity index (χ0v) is 8.12. The van der Waals surface area contributed by atoms with Crippen LogP contribution in [0.5, 0.6) is 0 Å². The zero-order chi connectivity index (χ0) is 8.55. The summed E-state index contributed by atoms with van der Waals surface area (Å²) in [4.78, 5) is 2.51. The normalized spacial score (nSPS) is 43.0. The summed E-state index contributed by atoms with van der Waals surface area (Å²) in [7, 11) is 4.10. The van der Waals surface area contributed by atoms with Crippen LogP contribution in [0.2, 0.25) is 0 Å². The van der Waals surface area contributed by atoms with Gasteiger partial charge in [-0.25, -0.2) is 0 Å². The molecule has 0 aromatic carbocycles. The minimum absolute atomic E-state index is 0.534. The number of ether oxygens (including phenoxy) is 1. The molecular formula is C10H19NO. The Bertz CT molecular complexity index is 160. The Labute approximate surface area is 74.9 Å². The number of hydrogen-bond donors (Lipinski definition) is 0. The molecule has 1 aliphatic heterocycles. The number of rotatable bonds is 1. The molecule has 3 atom stereocenters. The van der Waals surface area contributed by atoms with Gasteiger partial charge in [0.05, 0.1) is 6.10 Å². The number of nitrogens with zero attached hydrogens (tertiary/aromatic N) is 1. The summed E-state index contributed by atoms with van der Waals surface area (Å²) in [5.74, 6) is 0.974. The molecule has 0 spiro atoms. The first-order valence-electron chi connectivity index (χ1n) is 5.04. The smallest absolute Gasteiger partial charge is 0.0586 e. The van der Waals surface area contributed by atoms with Gasteiger partial charge in [0.2, 0.25) is 0 Å². The standard InChI is InChI=1S/C10H19NO/c1-11-6-5-8-3-4-9(12-2)7-10(8)11/h8-10H,3-7H2,1-2H3/t8-,9?,10-/m0/s1. The highest BCUT2D eigenvalue weighted by Gasteiger charge is 2.36. The second-order valence-corrected chi connectivity index (χ2v) is 4.27. The largest absolute Gasteiger partial charge is 0.381 e. The molecule has 0 aromatic rings. The van der Waals surface area contributed by atoms with E-state index in [0.717, 1.165) is 12.0 Å². The lowest BCUT2D eigenvalue weighted by molar-refractivity contribution is 0.0320. The van der Waals surface area contributed by atoms with Crippen molar-refractivity contribution in [1.82, 2.24) is 4.90 Å². The van der Waals surface area contributed by atoms with Crippen LogP contribution >= 0.6 is 0 Å². The highest BCUT2D eigenvalue weighted by molar-refractivity contribution is 4.91. The number of likely N-dealkylation sites (tertiary alicyclic amines) is 1. The Morgan fingerprint density at radius 1 is 1.25 bits per heavy atom. The predicted molar refractivity (Wildman–Crippen MR) is 49.2 cm³/mol. The summed E-state index contributed by atoms with van der Waals surface area (Å²) in [5.41, 5.74) is 0. The van der Waals surface area contributed by atoms with E-state index in [1.54, 1.807) is 0 Å². The van der Waals surface area contributed by atoms with Gasteiger partial charge in [-0.3, -0.25) is 0 Å². The number of fused-ring (bicyclic) bond motifs is 1. The molecule has 0 bridgehead atoms. The third-order valence-electron chi connectivity index (χ3n) is 3.66. The summed E-state index contributed by atoms with van der Waals surface area (Å²) in [6.07, 6.45) is 5.88. The summed E-state index contributed by atoms with van der Waals surface area (Å²) in [6.45, 7) is 1.30. The van der Waals surface area contributed by atoms with Crippen LogP contribution in [0.3, 0.4) is 0 Å². The summed E-state index contributed by atoms with van der Waals surface area (Å²) in [6, 6.07) is 0.823. The first-order valence-corrected chi connectivity index (χ1v) is 5.04. The van der Waals surface area contributed by atoms with Gasteiger partial charge in [-0.15, -0.1) is 0 Å². The lowest BCUT2D eigenvalue weighted by Crippen LogP contribution is -2.37. The van der Waals surface area contributed by atoms with Crippen molar-refractivity contribution in [2.75, 3.05) is 20.7 Å². The molecule has 2 heteroatoms. The fraction of sp³-hybridized carbons (Fsp3) is 1.00. The Morgan fingerprint density at radius 2 is 2.08 bits per heavy atom. The molecule has 1 unspecified atom stereocenters. The van der Waals surface area contributed by atoms with Crippen molar-refractivity contribution in [3.8, 4) is 0 Å². The van der Waals surface area contributed by atoms with Crippen LogP contribution in [0, 0.1) is 5.92 Å². The van der Waals surface area contributed by atoms with E-state index in [2.05, 4.69) is 11.9 Å². The van der Waals surface area contributed by atoms with Gasteiger partial charge in [0.1, 0.15) is 0 Å². The van der Waals surface area contributed by atoms with E-state index >= 15 is 0 Å². The fourth-order valence-electron chi connectivity index (χ4n) is 2.80. The lowest BCUT2D eigenvalue weighted by Gasteiger charge is -2.33. The Morgan fingerprint density at radius 3 is 2.83 bits per heavy atom. The monoisotopic (exact) mass is 169 g/mol. The second-order valence-electron chi connectivity index (χ2n) is 4.27. The van der Waals surface area contributed by atoms with E-state index in [9.17, 15) is 0 Å². The average Bonchev–Trinajstić information content (AvgIpc) is 2.47. The Balaban J connectivity index is 1.97. The molecule has 2 fully saturated rings. The average molecular weight is 169 g/mol. The van der Waals surface area contributed by atoms with Gasteiger partial charge in [-0.05, 0) is 45.2 Å². The van der Waals surface area contributed by atoms with Gasteiger partial charge in [-0.2, -0.15) is 0 Å². The van der Waals surface area contributed by atoms with E-state index in [4.69, 9.17) is 4.74 Å². The third-order valence-corrected chi connectivity index (χ3v) is 3.66. The minimum Gasteiger partial charge on any atom is -0.381 e. The molecule has 12 heavy (non-hydrogen) atoms. The molecule has 1 heterocycles. The topological polar surface area (TPSA) is 12.5 Å². The van der Waals surface area contributed by atoms with Crippen LogP contribution in [-0.4, -0.2) is 37.7 Å². The molecule has 1 aliphatic carbocycles. The van der Waals surface area contributed by atoms with Crippen molar-refractivity contribution in [3.63, 3.8) is 0 Å². The highest BCUT2D eigenvalue weighted by Crippen LogP contribution is 2.35. The summed E-state index contributed by atoms with van der Waals surface area (Å²) < 4.78 is 5.42. The van der Waals surface area contributed by atoms with Crippen LogP contribution in [0.15, 0.2) is 0 Å². The van der Waals surface area contributed by atoms with Crippen molar-refractivity contribution in [3.05, 3.63) is 0 Å². The Kier molecular flexibility index (Phi) is 2.37. The predicted octanol–water partition coefficient (Wildman–Crippen LogP) is 1.51. The first-order chi connectivity index (χ1) is 5.81. The van der Waals surface area contributed by atoms with E-state index in [-0.39, 0.29) is 0 Å². The highest BCUT2D eigenvalue weighted by atomic mass is 16.5. The van der Waals surface area contributed by atoms with Crippen molar-refractivity contribution < 1.29 is 4.74 Å².